The van der Waals surface area contributed by atoms with Gasteiger partial charge in [-0.15, -0.1) is 10.2 Å². The Morgan fingerprint density at radius 1 is 1.32 bits per heavy atom. The van der Waals surface area contributed by atoms with Crippen LogP contribution in [0.3, 0.4) is 0 Å². The third-order valence-corrected chi connectivity index (χ3v) is 4.75. The monoisotopic (exact) mass is 322 g/mol. The van der Waals surface area contributed by atoms with Crippen molar-refractivity contribution >= 4 is 16.7 Å². The van der Waals surface area contributed by atoms with Gasteiger partial charge in [0.15, 0.2) is 5.82 Å². The van der Waals surface area contributed by atoms with Gasteiger partial charge in [-0.1, -0.05) is 13.8 Å². The molecule has 1 aliphatic heterocycles. The minimum Gasteiger partial charge on any atom is -0.384 e. The third kappa shape index (κ3) is 2.72. The first-order valence-corrected chi connectivity index (χ1v) is 8.40. The van der Waals surface area contributed by atoms with Crippen LogP contribution < -0.4 is 4.90 Å². The van der Waals surface area contributed by atoms with E-state index in [9.17, 15) is 0 Å². The van der Waals surface area contributed by atoms with Crippen molar-refractivity contribution in [3.05, 3.63) is 17.5 Å². The van der Waals surface area contributed by atoms with E-state index in [-0.39, 0.29) is 6.04 Å². The molecule has 7 nitrogen and oxygen atoms in total. The van der Waals surface area contributed by atoms with Crippen molar-refractivity contribution in [2.45, 2.75) is 45.7 Å². The van der Waals surface area contributed by atoms with Gasteiger partial charge in [0.2, 0.25) is 5.13 Å². The summed E-state index contributed by atoms with van der Waals surface area (Å²) in [6.45, 7) is 8.91. The van der Waals surface area contributed by atoms with Gasteiger partial charge in [0, 0.05) is 44.1 Å². The second-order valence-electron chi connectivity index (χ2n) is 5.83. The molecule has 0 spiro atoms. The Kier molecular flexibility index (Phi) is 4.39. The Morgan fingerprint density at radius 2 is 2.14 bits per heavy atom. The van der Waals surface area contributed by atoms with Gasteiger partial charge in [-0.2, -0.15) is 4.37 Å². The van der Waals surface area contributed by atoms with Crippen LogP contribution in [0, 0.1) is 0 Å². The quantitative estimate of drug-likeness (QED) is 0.839. The van der Waals surface area contributed by atoms with Gasteiger partial charge in [0.05, 0.1) is 12.6 Å². The second-order valence-corrected chi connectivity index (χ2v) is 6.56. The summed E-state index contributed by atoms with van der Waals surface area (Å²) in [6.07, 6.45) is 0.753. The molecule has 0 saturated carbocycles. The molecule has 0 aliphatic carbocycles. The lowest BCUT2D eigenvalue weighted by Crippen LogP contribution is -2.37. The second kappa shape index (κ2) is 6.29. The molecule has 0 saturated heterocycles. The van der Waals surface area contributed by atoms with E-state index in [4.69, 9.17) is 4.74 Å². The number of nitrogens with zero attached hydrogens (tertiary/aromatic N) is 6. The Morgan fingerprint density at radius 3 is 2.86 bits per heavy atom. The molecule has 0 amide bonds. The number of fused-ring (bicyclic) bond motifs is 1. The highest BCUT2D eigenvalue weighted by molar-refractivity contribution is 7.09. The molecule has 2 aromatic heterocycles. The average Bonchev–Trinajstić information content (AvgIpc) is 3.12. The molecule has 22 heavy (non-hydrogen) atoms. The maximum Gasteiger partial charge on any atom is 0.205 e. The zero-order valence-electron chi connectivity index (χ0n) is 13.5. The summed E-state index contributed by atoms with van der Waals surface area (Å²) in [6, 6.07) is 0.164. The SMILES string of the molecule is COCCc1nsc(N2CCn3c(C(C)C)nnc3C2C)n1. The van der Waals surface area contributed by atoms with Crippen LogP contribution in [0.5, 0.6) is 0 Å². The summed E-state index contributed by atoms with van der Waals surface area (Å²) in [5.74, 6) is 3.33. The molecule has 1 aliphatic rings. The first-order valence-electron chi connectivity index (χ1n) is 7.63. The summed E-state index contributed by atoms with van der Waals surface area (Å²) < 4.78 is 11.8. The van der Waals surface area contributed by atoms with Crippen molar-refractivity contribution in [2.75, 3.05) is 25.2 Å². The van der Waals surface area contributed by atoms with Gasteiger partial charge >= 0.3 is 0 Å². The highest BCUT2D eigenvalue weighted by atomic mass is 32.1. The Labute approximate surface area is 134 Å². The minimum atomic E-state index is 0.164. The molecule has 3 heterocycles. The molecule has 1 atom stereocenters. The zero-order valence-corrected chi connectivity index (χ0v) is 14.3. The summed E-state index contributed by atoms with van der Waals surface area (Å²) in [7, 11) is 1.69. The number of anilines is 1. The van der Waals surface area contributed by atoms with E-state index in [0.717, 1.165) is 42.1 Å². The number of hydrogen-bond acceptors (Lipinski definition) is 7. The van der Waals surface area contributed by atoms with Gasteiger partial charge in [-0.25, -0.2) is 4.98 Å². The van der Waals surface area contributed by atoms with Crippen molar-refractivity contribution in [3.8, 4) is 0 Å². The van der Waals surface area contributed by atoms with Crippen LogP contribution in [-0.2, 0) is 17.7 Å². The van der Waals surface area contributed by atoms with Crippen LogP contribution in [0.15, 0.2) is 0 Å². The third-order valence-electron chi connectivity index (χ3n) is 3.96. The topological polar surface area (TPSA) is 69.0 Å². The molecule has 120 valence electrons. The van der Waals surface area contributed by atoms with Crippen LogP contribution >= 0.6 is 11.5 Å². The number of aromatic nitrogens is 5. The van der Waals surface area contributed by atoms with E-state index < -0.39 is 0 Å². The van der Waals surface area contributed by atoms with E-state index in [1.165, 1.54) is 11.5 Å². The fourth-order valence-corrected chi connectivity index (χ4v) is 3.57. The molecule has 0 fully saturated rings. The normalized spacial score (nSPS) is 18.0. The Hall–Kier alpha value is -1.54. The smallest absolute Gasteiger partial charge is 0.205 e. The van der Waals surface area contributed by atoms with Gasteiger partial charge in [-0.3, -0.25) is 0 Å². The summed E-state index contributed by atoms with van der Waals surface area (Å²) >= 11 is 1.45. The minimum absolute atomic E-state index is 0.164. The molecule has 0 bridgehead atoms. The fourth-order valence-electron chi connectivity index (χ4n) is 2.75. The number of rotatable bonds is 5. The highest BCUT2D eigenvalue weighted by Crippen LogP contribution is 2.32. The van der Waals surface area contributed by atoms with Gasteiger partial charge < -0.3 is 14.2 Å². The lowest BCUT2D eigenvalue weighted by Gasteiger charge is -2.33. The van der Waals surface area contributed by atoms with E-state index in [1.54, 1.807) is 7.11 Å². The molecule has 8 heteroatoms. The maximum absolute atomic E-state index is 5.08. The van der Waals surface area contributed by atoms with Gasteiger partial charge in [-0.05, 0) is 6.92 Å². The average molecular weight is 322 g/mol. The van der Waals surface area contributed by atoms with Crippen molar-refractivity contribution in [3.63, 3.8) is 0 Å². The summed E-state index contributed by atoms with van der Waals surface area (Å²) in [5, 5.41) is 9.71. The Balaban J connectivity index is 1.80. The number of ether oxygens (including phenoxy) is 1. The van der Waals surface area contributed by atoms with Gasteiger partial charge in [0.1, 0.15) is 11.6 Å². The molecule has 1 unspecified atom stereocenters. The van der Waals surface area contributed by atoms with Crippen molar-refractivity contribution < 1.29 is 4.74 Å². The standard InChI is InChI=1S/C14H22N6OS/c1-9(2)12-16-17-13-10(3)19(6-7-20(12)13)14-15-11(18-22-14)5-8-21-4/h9-10H,5-8H2,1-4H3. The highest BCUT2D eigenvalue weighted by Gasteiger charge is 2.30. The van der Waals surface area contributed by atoms with Gasteiger partial charge in [0.25, 0.3) is 0 Å². The summed E-state index contributed by atoms with van der Waals surface area (Å²) in [5.41, 5.74) is 0. The maximum atomic E-state index is 5.08. The van der Waals surface area contributed by atoms with Crippen LogP contribution in [0.1, 0.15) is 50.2 Å². The largest absolute Gasteiger partial charge is 0.384 e. The Bertz CT molecular complexity index is 637. The van der Waals surface area contributed by atoms with Crippen LogP contribution in [0.25, 0.3) is 0 Å². The first kappa shape index (κ1) is 15.4. The zero-order chi connectivity index (χ0) is 15.7. The predicted molar refractivity (Wildman–Crippen MR) is 85.4 cm³/mol. The van der Waals surface area contributed by atoms with Crippen molar-refractivity contribution in [1.82, 2.24) is 24.1 Å². The predicted octanol–water partition coefficient (Wildman–Crippen LogP) is 2.02. The molecule has 3 rings (SSSR count). The fraction of sp³-hybridized carbons (Fsp3) is 0.714. The van der Waals surface area contributed by atoms with E-state index in [2.05, 4.69) is 49.8 Å². The van der Waals surface area contributed by atoms with Crippen molar-refractivity contribution in [2.24, 2.45) is 0 Å². The number of methoxy groups -OCH3 is 1. The number of hydrogen-bond donors (Lipinski definition) is 0. The lowest BCUT2D eigenvalue weighted by molar-refractivity contribution is 0.201. The van der Waals surface area contributed by atoms with Crippen molar-refractivity contribution in [1.29, 1.82) is 0 Å². The van der Waals surface area contributed by atoms with E-state index in [1.807, 2.05) is 0 Å². The van der Waals surface area contributed by atoms with E-state index >= 15 is 0 Å². The lowest BCUT2D eigenvalue weighted by atomic mass is 10.1. The van der Waals surface area contributed by atoms with Crippen LogP contribution in [0.2, 0.25) is 0 Å². The molecular weight excluding hydrogens is 300 g/mol. The van der Waals surface area contributed by atoms with Crippen LogP contribution in [-0.4, -0.2) is 44.4 Å². The van der Waals surface area contributed by atoms with Crippen LogP contribution in [0.4, 0.5) is 5.13 Å². The van der Waals surface area contributed by atoms with E-state index in [0.29, 0.717) is 12.5 Å². The molecular formula is C14H22N6OS. The molecule has 0 N–H and O–H groups in total. The summed E-state index contributed by atoms with van der Waals surface area (Å²) in [4.78, 5) is 6.90. The first-order chi connectivity index (χ1) is 10.6. The molecule has 2 aromatic rings. The molecule has 0 aromatic carbocycles. The molecule has 0 radical (unpaired) electrons.